The zero-order valence-electron chi connectivity index (χ0n) is 15.8. The summed E-state index contributed by atoms with van der Waals surface area (Å²) in [6, 6.07) is 14.3. The maximum absolute atomic E-state index is 11.9. The molecular weight excluding hydrogens is 388 g/mol. The fourth-order valence-corrected chi connectivity index (χ4v) is 3.57. The van der Waals surface area contributed by atoms with Crippen LogP contribution in [0.5, 0.6) is 0 Å². The molecule has 0 aliphatic carbocycles. The van der Waals surface area contributed by atoms with Gasteiger partial charge in [0.2, 0.25) is 0 Å². The number of anilines is 1. The van der Waals surface area contributed by atoms with Crippen LogP contribution in [0.4, 0.5) is 5.69 Å². The number of hydrogen-bond donors (Lipinski definition) is 3. The summed E-state index contributed by atoms with van der Waals surface area (Å²) in [5.74, 6) is -1.93. The van der Waals surface area contributed by atoms with Crippen LogP contribution in [0.15, 0.2) is 54.2 Å². The maximum atomic E-state index is 11.9. The van der Waals surface area contributed by atoms with Crippen molar-refractivity contribution in [3.8, 4) is 16.6 Å². The monoisotopic (exact) mass is 406 g/mol. The van der Waals surface area contributed by atoms with E-state index in [1.54, 1.807) is 17.4 Å². The Bertz CT molecular complexity index is 1140. The van der Waals surface area contributed by atoms with E-state index in [9.17, 15) is 9.59 Å². The minimum atomic E-state index is -1.18. The quantitative estimate of drug-likeness (QED) is 0.425. The highest BCUT2D eigenvalue weighted by molar-refractivity contribution is 7.21. The minimum absolute atomic E-state index is 0.219. The van der Waals surface area contributed by atoms with Crippen LogP contribution in [0.2, 0.25) is 0 Å². The van der Waals surface area contributed by atoms with Crippen LogP contribution >= 0.6 is 11.3 Å². The number of benzene rings is 2. The highest BCUT2D eigenvalue weighted by Gasteiger charge is 2.17. The van der Waals surface area contributed by atoms with Crippen molar-refractivity contribution in [1.82, 2.24) is 10.3 Å². The summed E-state index contributed by atoms with van der Waals surface area (Å²) < 4.78 is 1.13. The molecule has 1 aromatic heterocycles. The van der Waals surface area contributed by atoms with Gasteiger partial charge in [-0.2, -0.15) is 5.26 Å². The molecule has 0 saturated heterocycles. The number of carboxylic acid groups (broad SMARTS) is 1. The number of thiazole rings is 1. The van der Waals surface area contributed by atoms with Crippen molar-refractivity contribution in [2.45, 2.75) is 19.9 Å². The number of fused-ring (bicyclic) bond motifs is 1. The van der Waals surface area contributed by atoms with E-state index in [-0.39, 0.29) is 5.57 Å². The molecule has 1 atom stereocenters. The van der Waals surface area contributed by atoms with Crippen molar-refractivity contribution in [3.63, 3.8) is 0 Å². The molecule has 3 N–H and O–H groups in total. The zero-order chi connectivity index (χ0) is 21.0. The Morgan fingerprint density at radius 2 is 1.97 bits per heavy atom. The van der Waals surface area contributed by atoms with E-state index in [1.165, 1.54) is 18.7 Å². The van der Waals surface area contributed by atoms with Gasteiger partial charge in [-0.25, -0.2) is 4.98 Å². The van der Waals surface area contributed by atoms with Gasteiger partial charge in [-0.15, -0.1) is 11.3 Å². The summed E-state index contributed by atoms with van der Waals surface area (Å²) in [6.45, 7) is 3.37. The van der Waals surface area contributed by atoms with Gasteiger partial charge in [0.1, 0.15) is 22.7 Å². The van der Waals surface area contributed by atoms with Crippen LogP contribution in [-0.4, -0.2) is 28.0 Å². The van der Waals surface area contributed by atoms with Crippen molar-refractivity contribution >= 4 is 39.1 Å². The SMILES string of the molecule is Cc1ccc2nc(-c3ccc(N/C=C(/C#N)C(=O)NC(C)C(=O)O)cc3)sc2c1. The van der Waals surface area contributed by atoms with Crippen molar-refractivity contribution in [1.29, 1.82) is 5.26 Å². The summed E-state index contributed by atoms with van der Waals surface area (Å²) in [6.07, 6.45) is 1.25. The number of nitriles is 1. The first-order valence-electron chi connectivity index (χ1n) is 8.75. The summed E-state index contributed by atoms with van der Waals surface area (Å²) in [5, 5.41) is 24.0. The first-order valence-corrected chi connectivity index (χ1v) is 9.57. The number of aliphatic carboxylic acids is 1. The Hall–Kier alpha value is -3.70. The molecule has 1 unspecified atom stereocenters. The lowest BCUT2D eigenvalue weighted by molar-refractivity contribution is -0.140. The van der Waals surface area contributed by atoms with Crippen molar-refractivity contribution in [2.75, 3.05) is 5.32 Å². The second kappa shape index (κ2) is 8.54. The van der Waals surface area contributed by atoms with Gasteiger partial charge in [0.25, 0.3) is 5.91 Å². The average Bonchev–Trinajstić information content (AvgIpc) is 3.12. The predicted molar refractivity (Wildman–Crippen MR) is 112 cm³/mol. The molecule has 0 saturated carbocycles. The number of carbonyl (C=O) groups is 2. The number of hydrogen-bond acceptors (Lipinski definition) is 6. The summed E-state index contributed by atoms with van der Waals surface area (Å²) in [5.41, 5.74) is 3.57. The van der Waals surface area contributed by atoms with Gasteiger partial charge < -0.3 is 15.7 Å². The molecule has 3 aromatic rings. The average molecular weight is 406 g/mol. The number of nitrogens with one attached hydrogen (secondary N) is 2. The van der Waals surface area contributed by atoms with Crippen molar-refractivity contribution in [2.24, 2.45) is 0 Å². The van der Waals surface area contributed by atoms with Crippen molar-refractivity contribution < 1.29 is 14.7 Å². The molecule has 7 nitrogen and oxygen atoms in total. The molecule has 0 spiro atoms. The second-order valence-corrected chi connectivity index (χ2v) is 7.45. The topological polar surface area (TPSA) is 115 Å². The number of nitrogens with zero attached hydrogens (tertiary/aromatic N) is 2. The highest BCUT2D eigenvalue weighted by atomic mass is 32.1. The van der Waals surface area contributed by atoms with Crippen LogP contribution in [0, 0.1) is 18.3 Å². The molecule has 2 aromatic carbocycles. The number of aromatic nitrogens is 1. The lowest BCUT2D eigenvalue weighted by Gasteiger charge is -2.08. The normalized spacial score (nSPS) is 12.2. The third-order valence-electron chi connectivity index (χ3n) is 4.14. The zero-order valence-corrected chi connectivity index (χ0v) is 16.6. The van der Waals surface area contributed by atoms with E-state index in [0.29, 0.717) is 5.69 Å². The van der Waals surface area contributed by atoms with E-state index in [0.717, 1.165) is 20.8 Å². The van der Waals surface area contributed by atoms with Gasteiger partial charge in [0.05, 0.1) is 10.2 Å². The highest BCUT2D eigenvalue weighted by Crippen LogP contribution is 2.31. The van der Waals surface area contributed by atoms with Gasteiger partial charge >= 0.3 is 5.97 Å². The molecule has 0 bridgehead atoms. The minimum Gasteiger partial charge on any atom is -0.480 e. The molecule has 1 amide bonds. The van der Waals surface area contributed by atoms with Crippen LogP contribution in [0.25, 0.3) is 20.8 Å². The Morgan fingerprint density at radius 3 is 2.62 bits per heavy atom. The third-order valence-corrected chi connectivity index (χ3v) is 5.21. The molecule has 3 rings (SSSR count). The molecule has 0 radical (unpaired) electrons. The molecule has 0 aliphatic heterocycles. The Balaban J connectivity index is 1.72. The number of carbonyl (C=O) groups excluding carboxylic acids is 1. The Kier molecular flexibility index (Phi) is 5.90. The molecule has 1 heterocycles. The molecule has 146 valence electrons. The lowest BCUT2D eigenvalue weighted by atomic mass is 10.2. The van der Waals surface area contributed by atoms with E-state index in [4.69, 9.17) is 10.4 Å². The van der Waals surface area contributed by atoms with Crippen LogP contribution in [0.3, 0.4) is 0 Å². The lowest BCUT2D eigenvalue weighted by Crippen LogP contribution is -2.39. The van der Waals surface area contributed by atoms with Gasteiger partial charge in [0.15, 0.2) is 0 Å². The number of carboxylic acids is 1. The maximum Gasteiger partial charge on any atom is 0.325 e. The summed E-state index contributed by atoms with van der Waals surface area (Å²) >= 11 is 1.62. The summed E-state index contributed by atoms with van der Waals surface area (Å²) in [4.78, 5) is 27.4. The molecule has 0 aliphatic rings. The fraction of sp³-hybridized carbons (Fsp3) is 0.143. The largest absolute Gasteiger partial charge is 0.480 e. The van der Waals surface area contributed by atoms with Gasteiger partial charge in [-0.3, -0.25) is 9.59 Å². The predicted octanol–water partition coefficient (Wildman–Crippen LogP) is 3.68. The Labute approximate surface area is 171 Å². The van der Waals surface area contributed by atoms with E-state index >= 15 is 0 Å². The van der Waals surface area contributed by atoms with Gasteiger partial charge in [-0.05, 0) is 55.8 Å². The standard InChI is InChI=1S/C21H18N4O3S/c1-12-3-8-17-18(9-12)29-20(25-17)14-4-6-16(7-5-14)23-11-15(10-22)19(26)24-13(2)21(27)28/h3-9,11,13,23H,1-2H3,(H,24,26)(H,27,28)/b15-11-. The Morgan fingerprint density at radius 1 is 1.24 bits per heavy atom. The van der Waals surface area contributed by atoms with Crippen molar-refractivity contribution in [3.05, 3.63) is 59.8 Å². The first-order chi connectivity index (χ1) is 13.9. The van der Waals surface area contributed by atoms with Crippen LogP contribution < -0.4 is 10.6 Å². The van der Waals surface area contributed by atoms with Gasteiger partial charge in [-0.1, -0.05) is 6.07 Å². The van der Waals surface area contributed by atoms with Gasteiger partial charge in [0, 0.05) is 17.5 Å². The van der Waals surface area contributed by atoms with E-state index < -0.39 is 17.9 Å². The molecular formula is C21H18N4O3S. The van der Waals surface area contributed by atoms with Crippen LogP contribution in [0.1, 0.15) is 12.5 Å². The molecule has 0 fully saturated rings. The number of aryl methyl sites for hydroxylation is 1. The third kappa shape index (κ3) is 4.78. The van der Waals surface area contributed by atoms with Crippen LogP contribution in [-0.2, 0) is 9.59 Å². The number of amides is 1. The molecule has 29 heavy (non-hydrogen) atoms. The first kappa shape index (κ1) is 20.0. The second-order valence-electron chi connectivity index (χ2n) is 6.42. The van der Waals surface area contributed by atoms with E-state index in [2.05, 4.69) is 21.7 Å². The fourth-order valence-electron chi connectivity index (χ4n) is 2.50. The smallest absolute Gasteiger partial charge is 0.325 e. The molecule has 8 heteroatoms. The number of rotatable bonds is 6. The van der Waals surface area contributed by atoms with E-state index in [1.807, 2.05) is 43.3 Å². The summed E-state index contributed by atoms with van der Waals surface area (Å²) in [7, 11) is 0.